The van der Waals surface area contributed by atoms with Gasteiger partial charge in [0.2, 0.25) is 5.88 Å². The number of aromatic hydroxyl groups is 1. The number of rotatable bonds is 5. The molecule has 0 aliphatic rings. The molecule has 0 unspecified atom stereocenters. The van der Waals surface area contributed by atoms with Crippen molar-refractivity contribution in [3.8, 4) is 17.4 Å². The van der Waals surface area contributed by atoms with Gasteiger partial charge < -0.3 is 19.9 Å². The van der Waals surface area contributed by atoms with Gasteiger partial charge in [-0.3, -0.25) is 9.59 Å². The van der Waals surface area contributed by atoms with Crippen LogP contribution in [0.2, 0.25) is 0 Å². The standard InChI is InChI=1S/C16H14N4O5/c1-10(21)24-9-18-16(23)14-12(22)7-13(20-15(14)17-8-19-20)25-11-5-3-2-4-6-11/h2-8,22H,9H2,1H3,(H,18,23). The van der Waals surface area contributed by atoms with Crippen molar-refractivity contribution in [3.63, 3.8) is 0 Å². The zero-order valence-corrected chi connectivity index (χ0v) is 13.2. The second-order valence-electron chi connectivity index (χ2n) is 4.94. The van der Waals surface area contributed by atoms with Gasteiger partial charge in [-0.15, -0.1) is 0 Å². The van der Waals surface area contributed by atoms with Gasteiger partial charge in [-0.05, 0) is 12.1 Å². The van der Waals surface area contributed by atoms with Crippen molar-refractivity contribution in [2.45, 2.75) is 6.92 Å². The number of hydrogen-bond acceptors (Lipinski definition) is 7. The van der Waals surface area contributed by atoms with Gasteiger partial charge in [0, 0.05) is 13.0 Å². The van der Waals surface area contributed by atoms with Crippen molar-refractivity contribution in [2.24, 2.45) is 0 Å². The summed E-state index contributed by atoms with van der Waals surface area (Å²) >= 11 is 0. The lowest BCUT2D eigenvalue weighted by atomic mass is 10.2. The molecule has 0 bridgehead atoms. The Hall–Kier alpha value is -3.62. The SMILES string of the molecule is CC(=O)OCNC(=O)c1c(O)cc(Oc2ccccc2)n2ncnc12. The fourth-order valence-corrected chi connectivity index (χ4v) is 2.13. The Balaban J connectivity index is 1.92. The second kappa shape index (κ2) is 6.87. The summed E-state index contributed by atoms with van der Waals surface area (Å²) in [5.41, 5.74) is -0.00341. The molecule has 0 saturated carbocycles. The Morgan fingerprint density at radius 1 is 1.28 bits per heavy atom. The minimum atomic E-state index is -0.664. The highest BCUT2D eigenvalue weighted by Crippen LogP contribution is 2.29. The number of ether oxygens (including phenoxy) is 2. The molecule has 128 valence electrons. The van der Waals surface area contributed by atoms with Crippen LogP contribution in [0.15, 0.2) is 42.7 Å². The molecule has 2 aromatic heterocycles. The van der Waals surface area contributed by atoms with Crippen LogP contribution in [-0.4, -0.2) is 38.3 Å². The average Bonchev–Trinajstić information content (AvgIpc) is 3.05. The van der Waals surface area contributed by atoms with Crippen molar-refractivity contribution >= 4 is 17.5 Å². The topological polar surface area (TPSA) is 115 Å². The first-order valence-electron chi connectivity index (χ1n) is 7.26. The van der Waals surface area contributed by atoms with E-state index in [1.165, 1.54) is 23.8 Å². The summed E-state index contributed by atoms with van der Waals surface area (Å²) in [6.45, 7) is 0.895. The Bertz CT molecular complexity index is 923. The van der Waals surface area contributed by atoms with Crippen molar-refractivity contribution in [1.82, 2.24) is 19.9 Å². The maximum absolute atomic E-state index is 12.2. The van der Waals surface area contributed by atoms with Crippen molar-refractivity contribution in [1.29, 1.82) is 0 Å². The molecular weight excluding hydrogens is 328 g/mol. The van der Waals surface area contributed by atoms with Gasteiger partial charge in [0.1, 0.15) is 23.4 Å². The number of nitrogens with zero attached hydrogens (tertiary/aromatic N) is 3. The van der Waals surface area contributed by atoms with Crippen LogP contribution in [0.25, 0.3) is 5.65 Å². The molecule has 2 N–H and O–H groups in total. The molecule has 1 aromatic carbocycles. The minimum absolute atomic E-state index is 0.103. The lowest BCUT2D eigenvalue weighted by molar-refractivity contribution is -0.141. The molecule has 9 heteroatoms. The largest absolute Gasteiger partial charge is 0.507 e. The molecule has 9 nitrogen and oxygen atoms in total. The maximum Gasteiger partial charge on any atom is 0.304 e. The van der Waals surface area contributed by atoms with Crippen molar-refractivity contribution in [2.75, 3.05) is 6.73 Å². The predicted octanol–water partition coefficient (Wildman–Crippen LogP) is 1.48. The van der Waals surface area contributed by atoms with Crippen LogP contribution < -0.4 is 10.1 Å². The summed E-state index contributed by atoms with van der Waals surface area (Å²) in [6, 6.07) is 10.2. The normalized spacial score (nSPS) is 10.4. The molecule has 0 fully saturated rings. The first-order chi connectivity index (χ1) is 12.1. The fourth-order valence-electron chi connectivity index (χ4n) is 2.13. The maximum atomic E-state index is 12.2. The number of amides is 1. The van der Waals surface area contributed by atoms with Crippen LogP contribution in [0, 0.1) is 0 Å². The van der Waals surface area contributed by atoms with Gasteiger partial charge in [-0.25, -0.2) is 4.98 Å². The van der Waals surface area contributed by atoms with E-state index < -0.39 is 11.9 Å². The van der Waals surface area contributed by atoms with Crippen LogP contribution >= 0.6 is 0 Å². The number of carbonyl (C=O) groups excluding carboxylic acids is 2. The number of esters is 1. The van der Waals surface area contributed by atoms with Crippen LogP contribution in [-0.2, 0) is 9.53 Å². The van der Waals surface area contributed by atoms with Gasteiger partial charge in [0.05, 0.1) is 0 Å². The van der Waals surface area contributed by atoms with E-state index in [9.17, 15) is 14.7 Å². The molecule has 0 aliphatic carbocycles. The van der Waals surface area contributed by atoms with Crippen LogP contribution in [0.3, 0.4) is 0 Å². The smallest absolute Gasteiger partial charge is 0.304 e. The molecule has 0 spiro atoms. The van der Waals surface area contributed by atoms with Gasteiger partial charge in [0.25, 0.3) is 5.91 Å². The van der Waals surface area contributed by atoms with E-state index in [0.717, 1.165) is 0 Å². The second-order valence-corrected chi connectivity index (χ2v) is 4.94. The highest BCUT2D eigenvalue weighted by Gasteiger charge is 2.21. The molecule has 1 amide bonds. The van der Waals surface area contributed by atoms with Crippen LogP contribution in [0.5, 0.6) is 17.4 Å². The Morgan fingerprint density at radius 2 is 2.04 bits per heavy atom. The predicted molar refractivity (Wildman–Crippen MR) is 85.3 cm³/mol. The Morgan fingerprint density at radius 3 is 2.76 bits per heavy atom. The average molecular weight is 342 g/mol. The summed E-state index contributed by atoms with van der Waals surface area (Å²) in [4.78, 5) is 27.0. The summed E-state index contributed by atoms with van der Waals surface area (Å²) in [5, 5.41) is 16.6. The third kappa shape index (κ3) is 3.50. The number of para-hydroxylation sites is 1. The summed E-state index contributed by atoms with van der Waals surface area (Å²) in [6.07, 6.45) is 1.23. The van der Waals surface area contributed by atoms with Crippen molar-refractivity contribution in [3.05, 3.63) is 48.3 Å². The van der Waals surface area contributed by atoms with E-state index in [0.29, 0.717) is 5.75 Å². The van der Waals surface area contributed by atoms with E-state index in [1.54, 1.807) is 24.3 Å². The molecule has 2 heterocycles. The molecule has 3 rings (SSSR count). The Labute approximate surface area is 141 Å². The number of hydrogen-bond donors (Lipinski definition) is 2. The van der Waals surface area contributed by atoms with E-state index in [2.05, 4.69) is 20.1 Å². The lowest BCUT2D eigenvalue weighted by Gasteiger charge is -2.11. The van der Waals surface area contributed by atoms with Crippen LogP contribution in [0.4, 0.5) is 0 Å². The minimum Gasteiger partial charge on any atom is -0.507 e. The highest BCUT2D eigenvalue weighted by atomic mass is 16.5. The molecule has 3 aromatic rings. The number of aromatic nitrogens is 3. The van der Waals surface area contributed by atoms with Gasteiger partial charge >= 0.3 is 5.97 Å². The molecule has 0 aliphatic heterocycles. The summed E-state index contributed by atoms with van der Waals surface area (Å²) < 4.78 is 11.6. The van der Waals surface area contributed by atoms with Gasteiger partial charge in [0.15, 0.2) is 12.4 Å². The van der Waals surface area contributed by atoms with E-state index in [1.807, 2.05) is 6.07 Å². The molecule has 25 heavy (non-hydrogen) atoms. The molecule has 0 atom stereocenters. The zero-order chi connectivity index (χ0) is 17.8. The third-order valence-electron chi connectivity index (χ3n) is 3.20. The van der Waals surface area contributed by atoms with E-state index >= 15 is 0 Å². The lowest BCUT2D eigenvalue weighted by Crippen LogP contribution is -2.27. The molecule has 0 radical (unpaired) electrons. The monoisotopic (exact) mass is 342 g/mol. The number of pyridine rings is 1. The number of benzene rings is 1. The van der Waals surface area contributed by atoms with Gasteiger partial charge in [-0.1, -0.05) is 18.2 Å². The number of fused-ring (bicyclic) bond motifs is 1. The molecule has 0 saturated heterocycles. The third-order valence-corrected chi connectivity index (χ3v) is 3.20. The molecular formula is C16H14N4O5. The zero-order valence-electron chi connectivity index (χ0n) is 13.2. The fraction of sp³-hybridized carbons (Fsp3) is 0.125. The number of nitrogens with one attached hydrogen (secondary N) is 1. The first kappa shape index (κ1) is 16.2. The highest BCUT2D eigenvalue weighted by molar-refractivity contribution is 6.02. The summed E-state index contributed by atoms with van der Waals surface area (Å²) in [5.74, 6) is -0.822. The number of carbonyl (C=O) groups is 2. The van der Waals surface area contributed by atoms with E-state index in [4.69, 9.17) is 4.74 Å². The van der Waals surface area contributed by atoms with E-state index in [-0.39, 0.29) is 29.6 Å². The van der Waals surface area contributed by atoms with Crippen molar-refractivity contribution < 1.29 is 24.2 Å². The summed E-state index contributed by atoms with van der Waals surface area (Å²) in [7, 11) is 0. The first-order valence-corrected chi connectivity index (χ1v) is 7.26. The quantitative estimate of drug-likeness (QED) is 0.533. The van der Waals surface area contributed by atoms with Gasteiger partial charge in [-0.2, -0.15) is 9.61 Å². The Kier molecular flexibility index (Phi) is 4.46. The van der Waals surface area contributed by atoms with Crippen LogP contribution in [0.1, 0.15) is 17.3 Å².